The van der Waals surface area contributed by atoms with E-state index in [9.17, 15) is 9.59 Å². The van der Waals surface area contributed by atoms with Crippen molar-refractivity contribution in [2.75, 3.05) is 11.9 Å². The van der Waals surface area contributed by atoms with Gasteiger partial charge >= 0.3 is 5.97 Å². The number of amides is 1. The van der Waals surface area contributed by atoms with Gasteiger partial charge in [0.1, 0.15) is 7.05 Å². The third-order valence-corrected chi connectivity index (χ3v) is 2.89. The van der Waals surface area contributed by atoms with Crippen LogP contribution in [0.5, 0.6) is 0 Å². The van der Waals surface area contributed by atoms with Gasteiger partial charge in [0.15, 0.2) is 12.4 Å². The number of esters is 1. The molecule has 1 aromatic heterocycles. The third-order valence-electron chi connectivity index (χ3n) is 2.89. The molecule has 21 heavy (non-hydrogen) atoms. The van der Waals surface area contributed by atoms with Crippen LogP contribution in [0, 0.1) is 0 Å². The average molecular weight is 285 g/mol. The Morgan fingerprint density at radius 2 is 1.67 bits per heavy atom. The summed E-state index contributed by atoms with van der Waals surface area (Å²) in [4.78, 5) is 23.6. The van der Waals surface area contributed by atoms with Crippen molar-refractivity contribution < 1.29 is 18.9 Å². The van der Waals surface area contributed by atoms with E-state index in [4.69, 9.17) is 4.74 Å². The maximum Gasteiger partial charge on any atom is 0.338 e. The van der Waals surface area contributed by atoms with Crippen LogP contribution >= 0.6 is 0 Å². The topological polar surface area (TPSA) is 59.3 Å². The predicted molar refractivity (Wildman–Crippen MR) is 78.0 cm³/mol. The van der Waals surface area contributed by atoms with Crippen LogP contribution in [0.25, 0.3) is 0 Å². The number of aromatic nitrogens is 1. The molecule has 0 aliphatic heterocycles. The molecule has 5 nitrogen and oxygen atoms in total. The minimum Gasteiger partial charge on any atom is -0.462 e. The molecule has 0 atom stereocenters. The molecule has 0 aliphatic rings. The molecule has 1 heterocycles. The van der Waals surface area contributed by atoms with Crippen LogP contribution in [0.3, 0.4) is 0 Å². The van der Waals surface area contributed by atoms with Gasteiger partial charge in [0.25, 0.3) is 5.91 Å². The fourth-order valence-electron chi connectivity index (χ4n) is 1.76. The maximum atomic E-state index is 12.0. The van der Waals surface area contributed by atoms with Crippen LogP contribution < -0.4 is 9.88 Å². The zero-order valence-electron chi connectivity index (χ0n) is 12.0. The number of anilines is 1. The van der Waals surface area contributed by atoms with Crippen LogP contribution in [0.2, 0.25) is 0 Å². The summed E-state index contributed by atoms with van der Waals surface area (Å²) in [6, 6.07) is 10.1. The summed E-state index contributed by atoms with van der Waals surface area (Å²) in [7, 11) is 1.88. The summed E-state index contributed by atoms with van der Waals surface area (Å²) in [6.07, 6.45) is 3.61. The lowest BCUT2D eigenvalue weighted by molar-refractivity contribution is -0.671. The second-order valence-corrected chi connectivity index (χ2v) is 4.50. The van der Waals surface area contributed by atoms with E-state index in [0.29, 0.717) is 23.4 Å². The number of nitrogens with one attached hydrogen (secondary N) is 1. The van der Waals surface area contributed by atoms with Crippen molar-refractivity contribution in [2.45, 2.75) is 6.92 Å². The third kappa shape index (κ3) is 3.89. The molecule has 0 aliphatic carbocycles. The van der Waals surface area contributed by atoms with Gasteiger partial charge in [-0.15, -0.1) is 0 Å². The van der Waals surface area contributed by atoms with Gasteiger partial charge in [-0.05, 0) is 31.2 Å². The number of nitrogens with zero attached hydrogens (tertiary/aromatic N) is 1. The maximum absolute atomic E-state index is 12.0. The Morgan fingerprint density at radius 3 is 2.24 bits per heavy atom. The van der Waals surface area contributed by atoms with Crippen molar-refractivity contribution in [3.05, 3.63) is 59.9 Å². The number of carbonyl (C=O) groups excluding carboxylic acids is 2. The Bertz CT molecular complexity index is 634. The van der Waals surface area contributed by atoms with Gasteiger partial charge in [0.05, 0.1) is 17.7 Å². The molecule has 0 spiro atoms. The van der Waals surface area contributed by atoms with Gasteiger partial charge in [-0.1, -0.05) is 0 Å². The molecule has 1 aromatic carbocycles. The number of hydrogen-bond donors (Lipinski definition) is 1. The fraction of sp³-hybridized carbons (Fsp3) is 0.188. The highest BCUT2D eigenvalue weighted by molar-refractivity contribution is 6.04. The van der Waals surface area contributed by atoms with Gasteiger partial charge < -0.3 is 10.1 Å². The number of benzene rings is 1. The first-order valence-corrected chi connectivity index (χ1v) is 6.64. The Balaban J connectivity index is 2.04. The first-order valence-electron chi connectivity index (χ1n) is 6.64. The number of rotatable bonds is 4. The van der Waals surface area contributed by atoms with Crippen molar-refractivity contribution in [3.8, 4) is 0 Å². The van der Waals surface area contributed by atoms with E-state index < -0.39 is 0 Å². The van der Waals surface area contributed by atoms with Crippen LogP contribution in [-0.2, 0) is 11.8 Å². The number of ether oxygens (including phenoxy) is 1. The Hall–Kier alpha value is -2.69. The van der Waals surface area contributed by atoms with Gasteiger partial charge in [-0.25, -0.2) is 9.36 Å². The van der Waals surface area contributed by atoms with E-state index in [1.807, 2.05) is 11.6 Å². The molecule has 1 N–H and O–H groups in total. The lowest BCUT2D eigenvalue weighted by Crippen LogP contribution is -2.27. The van der Waals surface area contributed by atoms with Crippen molar-refractivity contribution in [3.63, 3.8) is 0 Å². The quantitative estimate of drug-likeness (QED) is 0.690. The van der Waals surface area contributed by atoms with Crippen LogP contribution in [0.4, 0.5) is 5.69 Å². The number of carbonyl (C=O) groups is 2. The molecule has 1 amide bonds. The standard InChI is InChI=1S/C16H16N2O3/c1-3-21-16(20)13-4-6-14(7-5-13)17-15(19)12-8-10-18(2)11-9-12/h4-11H,3H2,1-2H3/p+1. The Labute approximate surface area is 123 Å². The smallest absolute Gasteiger partial charge is 0.338 e. The lowest BCUT2D eigenvalue weighted by Gasteiger charge is -2.06. The molecule has 5 heteroatoms. The fourth-order valence-corrected chi connectivity index (χ4v) is 1.76. The number of pyridine rings is 1. The van der Waals surface area contributed by atoms with Crippen molar-refractivity contribution in [1.82, 2.24) is 0 Å². The molecule has 0 bridgehead atoms. The van der Waals surface area contributed by atoms with E-state index in [1.54, 1.807) is 55.7 Å². The van der Waals surface area contributed by atoms with E-state index in [-0.39, 0.29) is 11.9 Å². The van der Waals surface area contributed by atoms with Crippen LogP contribution in [0.1, 0.15) is 27.6 Å². The Morgan fingerprint density at radius 1 is 1.05 bits per heavy atom. The highest BCUT2D eigenvalue weighted by Crippen LogP contribution is 2.12. The molecular weight excluding hydrogens is 268 g/mol. The minimum atomic E-state index is -0.370. The normalized spacial score (nSPS) is 10.0. The lowest BCUT2D eigenvalue weighted by atomic mass is 10.2. The first kappa shape index (κ1) is 14.7. The monoisotopic (exact) mass is 285 g/mol. The van der Waals surface area contributed by atoms with E-state index in [0.717, 1.165) is 0 Å². The molecule has 2 rings (SSSR count). The minimum absolute atomic E-state index is 0.195. The zero-order valence-corrected chi connectivity index (χ0v) is 12.0. The summed E-state index contributed by atoms with van der Waals surface area (Å²) in [6.45, 7) is 2.09. The second-order valence-electron chi connectivity index (χ2n) is 4.50. The summed E-state index contributed by atoms with van der Waals surface area (Å²) < 4.78 is 6.75. The summed E-state index contributed by atoms with van der Waals surface area (Å²) in [5.74, 6) is -0.564. The Kier molecular flexibility index (Phi) is 4.66. The molecule has 108 valence electrons. The molecule has 0 radical (unpaired) electrons. The highest BCUT2D eigenvalue weighted by atomic mass is 16.5. The molecule has 0 saturated carbocycles. The second kappa shape index (κ2) is 6.65. The zero-order chi connectivity index (χ0) is 15.2. The van der Waals surface area contributed by atoms with Gasteiger partial charge in [-0.3, -0.25) is 4.79 Å². The molecular formula is C16H17N2O3+. The first-order chi connectivity index (χ1) is 10.1. The van der Waals surface area contributed by atoms with E-state index in [1.165, 1.54) is 0 Å². The van der Waals surface area contributed by atoms with Crippen molar-refractivity contribution in [1.29, 1.82) is 0 Å². The molecule has 0 unspecified atom stereocenters. The highest BCUT2D eigenvalue weighted by Gasteiger charge is 2.09. The van der Waals surface area contributed by atoms with E-state index >= 15 is 0 Å². The molecule has 0 fully saturated rings. The summed E-state index contributed by atoms with van der Waals surface area (Å²) in [5.41, 5.74) is 1.66. The van der Waals surface area contributed by atoms with Crippen molar-refractivity contribution >= 4 is 17.6 Å². The average Bonchev–Trinajstić information content (AvgIpc) is 2.49. The van der Waals surface area contributed by atoms with Crippen molar-refractivity contribution in [2.24, 2.45) is 7.05 Å². The van der Waals surface area contributed by atoms with Crippen LogP contribution in [0.15, 0.2) is 48.8 Å². The van der Waals surface area contributed by atoms with Crippen LogP contribution in [-0.4, -0.2) is 18.5 Å². The summed E-state index contributed by atoms with van der Waals surface area (Å²) >= 11 is 0. The van der Waals surface area contributed by atoms with Gasteiger partial charge in [0.2, 0.25) is 0 Å². The molecule has 2 aromatic rings. The summed E-state index contributed by atoms with van der Waals surface area (Å²) in [5, 5.41) is 2.78. The largest absolute Gasteiger partial charge is 0.462 e. The number of aryl methyl sites for hydroxylation is 1. The molecule has 0 saturated heterocycles. The van der Waals surface area contributed by atoms with E-state index in [2.05, 4.69) is 5.32 Å². The SMILES string of the molecule is CCOC(=O)c1ccc(NC(=O)c2cc[n+](C)cc2)cc1. The number of hydrogen-bond acceptors (Lipinski definition) is 3. The van der Waals surface area contributed by atoms with Gasteiger partial charge in [-0.2, -0.15) is 0 Å². The predicted octanol–water partition coefficient (Wildman–Crippen LogP) is 1.94. The van der Waals surface area contributed by atoms with Gasteiger partial charge in [0, 0.05) is 17.8 Å².